The number of methoxy groups -OCH3 is 1. The topological polar surface area (TPSA) is 66.8 Å². The molecule has 0 saturated heterocycles. The van der Waals surface area contributed by atoms with Gasteiger partial charge in [-0.3, -0.25) is 4.79 Å². The molecule has 30 heavy (non-hydrogen) atoms. The molecule has 3 saturated carbocycles. The Hall–Kier alpha value is -0.940. The van der Waals surface area contributed by atoms with E-state index in [1.165, 1.54) is 7.11 Å². The predicted molar refractivity (Wildman–Crippen MR) is 113 cm³/mol. The molecule has 3 fully saturated rings. The number of hydrogen-bond acceptors (Lipinski definition) is 4. The zero-order valence-electron chi connectivity index (χ0n) is 18.9. The summed E-state index contributed by atoms with van der Waals surface area (Å²) in [6.45, 7) is 6.84. The van der Waals surface area contributed by atoms with E-state index in [-0.39, 0.29) is 46.5 Å². The van der Waals surface area contributed by atoms with Crippen LogP contribution in [0.15, 0.2) is 11.9 Å². The summed E-state index contributed by atoms with van der Waals surface area (Å²) >= 11 is 0. The molecule has 0 unspecified atom stereocenters. The van der Waals surface area contributed by atoms with Crippen LogP contribution in [0.4, 0.5) is 4.39 Å². The standard InChI is InChI=1S/C25H39FO4/c1-14(5-8-22(29)30-4)16-6-7-17-23-18(9-10-24(16,17)2)25(3)13-19(26)20(27)11-15(25)12-21(23)28/h13-18,20-21,23,27-28H,5-12H2,1-4H3/t14-,15+,16-,17+,18+,20-,21+,23+,24-,25+/m1/s1. The third-order valence-electron chi connectivity index (χ3n) is 10.0. The maximum atomic E-state index is 14.5. The second-order valence-corrected chi connectivity index (χ2v) is 11.3. The van der Waals surface area contributed by atoms with Crippen LogP contribution in [-0.2, 0) is 9.53 Å². The fraction of sp³-hybridized carbons (Fsp3) is 0.880. The van der Waals surface area contributed by atoms with Gasteiger partial charge < -0.3 is 14.9 Å². The maximum absolute atomic E-state index is 14.5. The minimum absolute atomic E-state index is 0.139. The molecule has 0 radical (unpaired) electrons. The van der Waals surface area contributed by atoms with Gasteiger partial charge in [-0.25, -0.2) is 4.39 Å². The van der Waals surface area contributed by atoms with Crippen LogP contribution in [0.2, 0.25) is 0 Å². The van der Waals surface area contributed by atoms with E-state index in [1.807, 2.05) is 0 Å². The Bertz CT molecular complexity index is 707. The number of aliphatic hydroxyl groups excluding tert-OH is 2. The van der Waals surface area contributed by atoms with Crippen LogP contribution in [0, 0.1) is 46.3 Å². The van der Waals surface area contributed by atoms with Crippen molar-refractivity contribution in [2.75, 3.05) is 7.11 Å². The number of halogens is 1. The Morgan fingerprint density at radius 2 is 1.97 bits per heavy atom. The number of aliphatic hydroxyl groups is 2. The third-order valence-corrected chi connectivity index (χ3v) is 10.0. The fourth-order valence-electron chi connectivity index (χ4n) is 8.44. The van der Waals surface area contributed by atoms with E-state index in [1.54, 1.807) is 6.08 Å². The maximum Gasteiger partial charge on any atom is 0.305 e. The molecule has 5 heteroatoms. The van der Waals surface area contributed by atoms with E-state index in [4.69, 9.17) is 4.74 Å². The van der Waals surface area contributed by atoms with Gasteiger partial charge in [0.05, 0.1) is 13.2 Å². The average molecular weight is 423 g/mol. The van der Waals surface area contributed by atoms with Gasteiger partial charge in [-0.2, -0.15) is 0 Å². The van der Waals surface area contributed by atoms with E-state index in [2.05, 4.69) is 20.8 Å². The van der Waals surface area contributed by atoms with Crippen molar-refractivity contribution in [2.45, 2.75) is 84.3 Å². The van der Waals surface area contributed by atoms with E-state index in [9.17, 15) is 19.4 Å². The highest BCUT2D eigenvalue weighted by Gasteiger charge is 2.62. The van der Waals surface area contributed by atoms with Gasteiger partial charge in [0.2, 0.25) is 0 Å². The van der Waals surface area contributed by atoms with Gasteiger partial charge in [0.1, 0.15) is 11.9 Å². The zero-order valence-corrected chi connectivity index (χ0v) is 18.9. The van der Waals surface area contributed by atoms with Crippen molar-refractivity contribution in [1.82, 2.24) is 0 Å². The highest BCUT2D eigenvalue weighted by Crippen LogP contribution is 2.68. The van der Waals surface area contributed by atoms with Crippen molar-refractivity contribution in [3.8, 4) is 0 Å². The number of carbonyl (C=O) groups is 1. The summed E-state index contributed by atoms with van der Waals surface area (Å²) in [6.07, 6.45) is 7.08. The highest BCUT2D eigenvalue weighted by molar-refractivity contribution is 5.69. The Kier molecular flexibility index (Phi) is 5.85. The lowest BCUT2D eigenvalue weighted by molar-refractivity contribution is -0.149. The van der Waals surface area contributed by atoms with Crippen molar-refractivity contribution >= 4 is 5.97 Å². The lowest BCUT2D eigenvalue weighted by Gasteiger charge is -2.61. The first-order valence-corrected chi connectivity index (χ1v) is 11.9. The summed E-state index contributed by atoms with van der Waals surface area (Å²) in [4.78, 5) is 11.6. The van der Waals surface area contributed by atoms with Crippen molar-refractivity contribution in [3.05, 3.63) is 11.9 Å². The normalized spacial score (nSPS) is 48.8. The van der Waals surface area contributed by atoms with Gasteiger partial charge in [0.15, 0.2) is 0 Å². The van der Waals surface area contributed by atoms with Gasteiger partial charge >= 0.3 is 5.97 Å². The van der Waals surface area contributed by atoms with Crippen LogP contribution in [0.1, 0.15) is 72.1 Å². The van der Waals surface area contributed by atoms with E-state index in [0.29, 0.717) is 37.0 Å². The lowest BCUT2D eigenvalue weighted by Crippen LogP contribution is -2.58. The number of allylic oxidation sites excluding steroid dienone is 1. The largest absolute Gasteiger partial charge is 0.469 e. The van der Waals surface area contributed by atoms with Crippen LogP contribution >= 0.6 is 0 Å². The summed E-state index contributed by atoms with van der Waals surface area (Å²) in [5.41, 5.74) is -0.111. The Morgan fingerprint density at radius 1 is 1.23 bits per heavy atom. The van der Waals surface area contributed by atoms with Crippen molar-refractivity contribution in [1.29, 1.82) is 0 Å². The molecular weight excluding hydrogens is 383 g/mol. The second kappa shape index (κ2) is 7.88. The summed E-state index contributed by atoms with van der Waals surface area (Å²) in [5.74, 6) is 1.53. The Labute approximate surface area is 180 Å². The van der Waals surface area contributed by atoms with Crippen LogP contribution in [0.5, 0.6) is 0 Å². The Balaban J connectivity index is 1.57. The molecule has 0 aliphatic heterocycles. The van der Waals surface area contributed by atoms with Gasteiger partial charge in [-0.05, 0) is 97.4 Å². The third kappa shape index (κ3) is 3.35. The Morgan fingerprint density at radius 3 is 2.67 bits per heavy atom. The first kappa shape index (κ1) is 22.3. The molecule has 170 valence electrons. The molecule has 0 aromatic carbocycles. The number of esters is 1. The predicted octanol–water partition coefficient (Wildman–Crippen LogP) is 4.64. The molecule has 0 aromatic heterocycles. The zero-order chi connectivity index (χ0) is 21.8. The molecule has 4 aliphatic rings. The van der Waals surface area contributed by atoms with Gasteiger partial charge in [-0.15, -0.1) is 0 Å². The number of fused-ring (bicyclic) bond motifs is 5. The summed E-state index contributed by atoms with van der Waals surface area (Å²) in [6, 6.07) is 0. The van der Waals surface area contributed by atoms with Crippen LogP contribution in [0.3, 0.4) is 0 Å². The molecular formula is C25H39FO4. The average Bonchev–Trinajstić information content (AvgIpc) is 3.05. The number of hydrogen-bond donors (Lipinski definition) is 2. The lowest BCUT2D eigenvalue weighted by atomic mass is 9.44. The van der Waals surface area contributed by atoms with E-state index in [0.717, 1.165) is 32.1 Å². The van der Waals surface area contributed by atoms with Crippen LogP contribution in [0.25, 0.3) is 0 Å². The first-order valence-electron chi connectivity index (χ1n) is 11.9. The van der Waals surface area contributed by atoms with Gasteiger partial charge in [-0.1, -0.05) is 20.8 Å². The molecule has 0 spiro atoms. The molecule has 4 aliphatic carbocycles. The van der Waals surface area contributed by atoms with Crippen molar-refractivity contribution in [3.63, 3.8) is 0 Å². The monoisotopic (exact) mass is 422 g/mol. The van der Waals surface area contributed by atoms with Crippen LogP contribution in [-0.4, -0.2) is 35.5 Å². The van der Waals surface area contributed by atoms with Gasteiger partial charge in [0, 0.05) is 6.42 Å². The van der Waals surface area contributed by atoms with Gasteiger partial charge in [0.25, 0.3) is 0 Å². The molecule has 2 N–H and O–H groups in total. The number of rotatable bonds is 4. The van der Waals surface area contributed by atoms with E-state index < -0.39 is 6.10 Å². The molecule has 4 nitrogen and oxygen atoms in total. The molecule has 10 atom stereocenters. The van der Waals surface area contributed by atoms with Crippen molar-refractivity contribution < 1.29 is 24.1 Å². The molecule has 0 heterocycles. The quantitative estimate of drug-likeness (QED) is 0.648. The second-order valence-electron chi connectivity index (χ2n) is 11.3. The minimum atomic E-state index is -1.01. The first-order chi connectivity index (χ1) is 14.1. The fourth-order valence-corrected chi connectivity index (χ4v) is 8.44. The number of ether oxygens (including phenoxy) is 1. The minimum Gasteiger partial charge on any atom is -0.469 e. The summed E-state index contributed by atoms with van der Waals surface area (Å²) < 4.78 is 19.3. The SMILES string of the molecule is COC(=O)CC[C@@H](C)[C@H]1CC[C@H]2[C@@H]3[C@@H](O)C[C@@H]4C[C@@H](O)C(F)=C[C@]4(C)[C@H]3CC[C@]12C. The smallest absolute Gasteiger partial charge is 0.305 e. The molecule has 0 bridgehead atoms. The molecule has 4 rings (SSSR count). The molecule has 0 aromatic rings. The van der Waals surface area contributed by atoms with E-state index >= 15 is 0 Å². The van der Waals surface area contributed by atoms with Crippen LogP contribution < -0.4 is 0 Å². The highest BCUT2D eigenvalue weighted by atomic mass is 19.1. The number of carbonyl (C=O) groups excluding carboxylic acids is 1. The van der Waals surface area contributed by atoms with Crippen molar-refractivity contribution in [2.24, 2.45) is 46.3 Å². The molecule has 0 amide bonds. The summed E-state index contributed by atoms with van der Waals surface area (Å²) in [7, 11) is 1.45. The summed E-state index contributed by atoms with van der Waals surface area (Å²) in [5, 5.41) is 21.3.